The van der Waals surface area contributed by atoms with Crippen LogP contribution in [0.25, 0.3) is 21.6 Å². The quantitative estimate of drug-likeness (QED) is 0.553. The van der Waals surface area contributed by atoms with Crippen LogP contribution in [0.4, 0.5) is 24.0 Å². The van der Waals surface area contributed by atoms with Gasteiger partial charge in [0.15, 0.2) is 5.13 Å². The highest BCUT2D eigenvalue weighted by molar-refractivity contribution is 7.21. The lowest BCUT2D eigenvalue weighted by atomic mass is 10.1. The van der Waals surface area contributed by atoms with Gasteiger partial charge in [0, 0.05) is 24.2 Å². The van der Waals surface area contributed by atoms with E-state index in [-0.39, 0.29) is 0 Å². The van der Waals surface area contributed by atoms with E-state index in [1.807, 2.05) is 6.07 Å². The molecule has 4 aromatic rings. The molecule has 0 aliphatic rings. The standard InChI is InChI=1S/C17H10F3N5S/c18-17(19,20)11-6-10(7-22-8-11)13-3-4-14-15(24-13)26-16(25-14)23-12-2-1-5-21-9-12/h1-9H,(H,23,25). The molecule has 130 valence electrons. The van der Waals surface area contributed by atoms with Gasteiger partial charge in [0.1, 0.15) is 10.3 Å². The fraction of sp³-hybridized carbons (Fsp3) is 0.0588. The molecule has 1 N–H and O–H groups in total. The van der Waals surface area contributed by atoms with Crippen molar-refractivity contribution in [3.05, 3.63) is 60.7 Å². The molecule has 9 heteroatoms. The molecule has 0 spiro atoms. The Morgan fingerprint density at radius 1 is 0.962 bits per heavy atom. The Balaban J connectivity index is 1.68. The van der Waals surface area contributed by atoms with E-state index in [0.29, 0.717) is 26.7 Å². The zero-order valence-electron chi connectivity index (χ0n) is 13.0. The van der Waals surface area contributed by atoms with Gasteiger partial charge in [-0.3, -0.25) is 9.97 Å². The molecule has 0 saturated heterocycles. The van der Waals surface area contributed by atoms with E-state index in [9.17, 15) is 13.2 Å². The third kappa shape index (κ3) is 3.33. The molecule has 0 radical (unpaired) electrons. The monoisotopic (exact) mass is 373 g/mol. The van der Waals surface area contributed by atoms with Crippen LogP contribution in [-0.2, 0) is 6.18 Å². The molecule has 0 aliphatic carbocycles. The number of fused-ring (bicyclic) bond motifs is 1. The number of hydrogen-bond donors (Lipinski definition) is 1. The van der Waals surface area contributed by atoms with Crippen molar-refractivity contribution in [3.8, 4) is 11.3 Å². The van der Waals surface area contributed by atoms with E-state index in [2.05, 4.69) is 25.3 Å². The molecule has 0 aromatic carbocycles. The van der Waals surface area contributed by atoms with Gasteiger partial charge in [-0.05, 0) is 30.3 Å². The summed E-state index contributed by atoms with van der Waals surface area (Å²) in [5.74, 6) is 0. The second kappa shape index (κ2) is 6.34. The Kier molecular flexibility index (Phi) is 4.00. The van der Waals surface area contributed by atoms with Crippen molar-refractivity contribution in [1.82, 2.24) is 19.9 Å². The number of rotatable bonds is 3. The van der Waals surface area contributed by atoms with Gasteiger partial charge in [0.05, 0.1) is 23.1 Å². The molecular formula is C17H10F3N5S. The second-order valence-electron chi connectivity index (χ2n) is 5.37. The number of anilines is 2. The van der Waals surface area contributed by atoms with Crippen molar-refractivity contribution in [2.45, 2.75) is 6.18 Å². The highest BCUT2D eigenvalue weighted by Gasteiger charge is 2.31. The van der Waals surface area contributed by atoms with Crippen LogP contribution in [0.15, 0.2) is 55.1 Å². The lowest BCUT2D eigenvalue weighted by molar-refractivity contribution is -0.137. The van der Waals surface area contributed by atoms with Crippen molar-refractivity contribution in [2.24, 2.45) is 0 Å². The van der Waals surface area contributed by atoms with Gasteiger partial charge in [-0.2, -0.15) is 13.2 Å². The van der Waals surface area contributed by atoms with Crippen LogP contribution in [0.1, 0.15) is 5.56 Å². The lowest BCUT2D eigenvalue weighted by Crippen LogP contribution is -2.05. The summed E-state index contributed by atoms with van der Waals surface area (Å²) >= 11 is 1.31. The maximum absolute atomic E-state index is 12.9. The Hall–Kier alpha value is -3.07. The van der Waals surface area contributed by atoms with Crippen LogP contribution in [0.5, 0.6) is 0 Å². The summed E-state index contributed by atoms with van der Waals surface area (Å²) in [6.07, 6.45) is 1.04. The van der Waals surface area contributed by atoms with Crippen LogP contribution >= 0.6 is 11.3 Å². The predicted molar refractivity (Wildman–Crippen MR) is 93.2 cm³/mol. The Morgan fingerprint density at radius 3 is 2.62 bits per heavy atom. The van der Waals surface area contributed by atoms with Crippen LogP contribution in [0.2, 0.25) is 0 Å². The smallest absolute Gasteiger partial charge is 0.330 e. The van der Waals surface area contributed by atoms with Gasteiger partial charge in [-0.1, -0.05) is 11.3 Å². The molecule has 0 saturated carbocycles. The summed E-state index contributed by atoms with van der Waals surface area (Å²) < 4.78 is 38.6. The third-order valence-electron chi connectivity index (χ3n) is 3.53. The summed E-state index contributed by atoms with van der Waals surface area (Å²) in [7, 11) is 0. The maximum atomic E-state index is 12.9. The van der Waals surface area contributed by atoms with Gasteiger partial charge >= 0.3 is 6.18 Å². The van der Waals surface area contributed by atoms with Crippen LogP contribution in [-0.4, -0.2) is 19.9 Å². The van der Waals surface area contributed by atoms with Crippen LogP contribution < -0.4 is 5.32 Å². The number of nitrogens with one attached hydrogen (secondary N) is 1. The summed E-state index contributed by atoms with van der Waals surface area (Å²) in [6, 6.07) is 8.05. The predicted octanol–water partition coefficient (Wildman–Crippen LogP) is 4.91. The topological polar surface area (TPSA) is 63.6 Å². The number of pyridine rings is 3. The molecule has 4 rings (SSSR count). The van der Waals surface area contributed by atoms with Gasteiger partial charge in [0.25, 0.3) is 0 Å². The molecule has 0 amide bonds. The zero-order chi connectivity index (χ0) is 18.1. The van der Waals surface area contributed by atoms with Gasteiger partial charge in [-0.15, -0.1) is 0 Å². The first-order chi connectivity index (χ1) is 12.5. The van der Waals surface area contributed by atoms with E-state index in [0.717, 1.165) is 18.0 Å². The number of halogens is 3. The molecular weight excluding hydrogens is 363 g/mol. The number of alkyl halides is 3. The number of hydrogen-bond acceptors (Lipinski definition) is 6. The molecule has 0 fully saturated rings. The first kappa shape index (κ1) is 16.4. The van der Waals surface area contributed by atoms with Gasteiger partial charge in [-0.25, -0.2) is 9.97 Å². The lowest BCUT2D eigenvalue weighted by Gasteiger charge is -2.07. The SMILES string of the molecule is FC(F)(F)c1cncc(-c2ccc3nc(Nc4cccnc4)sc3n2)c1. The molecule has 0 unspecified atom stereocenters. The normalized spacial score (nSPS) is 11.7. The minimum absolute atomic E-state index is 0.303. The largest absolute Gasteiger partial charge is 0.417 e. The number of aromatic nitrogens is 4. The number of thiazole rings is 1. The van der Waals surface area contributed by atoms with Crippen molar-refractivity contribution in [1.29, 1.82) is 0 Å². The first-order valence-corrected chi connectivity index (χ1v) is 8.28. The Morgan fingerprint density at radius 2 is 1.85 bits per heavy atom. The molecule has 4 aromatic heterocycles. The van der Waals surface area contributed by atoms with Crippen molar-refractivity contribution >= 4 is 32.5 Å². The fourth-order valence-electron chi connectivity index (χ4n) is 2.33. The maximum Gasteiger partial charge on any atom is 0.417 e. The average molecular weight is 373 g/mol. The summed E-state index contributed by atoms with van der Waals surface area (Å²) in [5.41, 5.74) is 1.35. The average Bonchev–Trinajstić information content (AvgIpc) is 3.03. The summed E-state index contributed by atoms with van der Waals surface area (Å²) in [4.78, 5) is 17.2. The van der Waals surface area contributed by atoms with Crippen LogP contribution in [0, 0.1) is 0 Å². The second-order valence-corrected chi connectivity index (χ2v) is 6.34. The molecule has 0 aliphatic heterocycles. The van der Waals surface area contributed by atoms with E-state index >= 15 is 0 Å². The molecule has 5 nitrogen and oxygen atoms in total. The van der Waals surface area contributed by atoms with E-state index in [4.69, 9.17) is 0 Å². The fourth-order valence-corrected chi connectivity index (χ4v) is 3.18. The van der Waals surface area contributed by atoms with E-state index in [1.54, 1.807) is 30.6 Å². The summed E-state index contributed by atoms with van der Waals surface area (Å²) in [6.45, 7) is 0. The molecule has 26 heavy (non-hydrogen) atoms. The van der Waals surface area contributed by atoms with Gasteiger partial charge < -0.3 is 5.32 Å². The minimum atomic E-state index is -4.45. The first-order valence-electron chi connectivity index (χ1n) is 7.46. The van der Waals surface area contributed by atoms with Gasteiger partial charge in [0.2, 0.25) is 0 Å². The Bertz CT molecular complexity index is 1060. The molecule has 4 heterocycles. The van der Waals surface area contributed by atoms with E-state index < -0.39 is 11.7 Å². The highest BCUT2D eigenvalue weighted by atomic mass is 32.1. The van der Waals surface area contributed by atoms with Crippen molar-refractivity contribution in [2.75, 3.05) is 5.32 Å². The Labute approximate surface area is 149 Å². The van der Waals surface area contributed by atoms with E-state index in [1.165, 1.54) is 17.5 Å². The number of nitrogens with zero attached hydrogens (tertiary/aromatic N) is 4. The molecule has 0 atom stereocenters. The summed E-state index contributed by atoms with van der Waals surface area (Å²) in [5, 5.41) is 3.75. The minimum Gasteiger partial charge on any atom is -0.330 e. The van der Waals surface area contributed by atoms with Crippen molar-refractivity contribution in [3.63, 3.8) is 0 Å². The third-order valence-corrected chi connectivity index (χ3v) is 4.41. The zero-order valence-corrected chi connectivity index (χ0v) is 13.8. The highest BCUT2D eigenvalue weighted by Crippen LogP contribution is 2.32. The van der Waals surface area contributed by atoms with Crippen LogP contribution in [0.3, 0.4) is 0 Å². The van der Waals surface area contributed by atoms with Crippen molar-refractivity contribution < 1.29 is 13.2 Å². The molecule has 0 bridgehead atoms.